The summed E-state index contributed by atoms with van der Waals surface area (Å²) in [5, 5.41) is 0.316. The molecule has 0 saturated heterocycles. The molecule has 0 N–H and O–H groups in total. The van der Waals surface area contributed by atoms with E-state index in [2.05, 4.69) is 4.90 Å². The lowest BCUT2D eigenvalue weighted by molar-refractivity contribution is -0.140. The van der Waals surface area contributed by atoms with Crippen LogP contribution in [0, 0.1) is 0 Å². The van der Waals surface area contributed by atoms with Gasteiger partial charge in [-0.3, -0.25) is 9.69 Å². The molecule has 43 heavy (non-hydrogen) atoms. The smallest absolute Gasteiger partial charge is 0.417 e. The fourth-order valence-corrected chi connectivity index (χ4v) is 5.50. The number of hydrogen-bond donors (Lipinski definition) is 0. The number of methoxy groups -OCH3 is 1. The number of esters is 1. The van der Waals surface area contributed by atoms with Crippen LogP contribution in [-0.4, -0.2) is 37.7 Å². The van der Waals surface area contributed by atoms with Crippen molar-refractivity contribution in [2.45, 2.75) is 31.5 Å². The molecule has 0 radical (unpaired) electrons. The molecule has 0 aliphatic rings. The predicted octanol–water partition coefficient (Wildman–Crippen LogP) is 8.83. The highest BCUT2D eigenvalue weighted by molar-refractivity contribution is 6.32. The van der Waals surface area contributed by atoms with Crippen LogP contribution in [0.2, 0.25) is 10.0 Å². The fourth-order valence-electron chi connectivity index (χ4n) is 4.94. The Balaban J connectivity index is 1.56. The minimum Gasteiger partial charge on any atom is -0.494 e. The highest BCUT2D eigenvalue weighted by Gasteiger charge is 2.34. The average molecular weight is 631 g/mol. The van der Waals surface area contributed by atoms with Crippen molar-refractivity contribution in [2.75, 3.05) is 26.8 Å². The molecule has 4 nitrogen and oxygen atoms in total. The third kappa shape index (κ3) is 9.23. The van der Waals surface area contributed by atoms with Crippen molar-refractivity contribution in [3.63, 3.8) is 0 Å². The number of halogens is 5. The summed E-state index contributed by atoms with van der Waals surface area (Å²) in [5.41, 5.74) is 2.27. The Kier molecular flexibility index (Phi) is 11.5. The zero-order valence-electron chi connectivity index (χ0n) is 23.6. The number of benzene rings is 4. The second-order valence-electron chi connectivity index (χ2n) is 10.1. The first kappa shape index (κ1) is 32.4. The van der Waals surface area contributed by atoms with Gasteiger partial charge in [-0.1, -0.05) is 96.0 Å². The zero-order chi connectivity index (χ0) is 30.8. The first-order chi connectivity index (χ1) is 20.7. The van der Waals surface area contributed by atoms with Crippen LogP contribution in [-0.2, 0) is 28.7 Å². The molecule has 0 aromatic heterocycles. The van der Waals surface area contributed by atoms with Crippen molar-refractivity contribution >= 4 is 29.2 Å². The van der Waals surface area contributed by atoms with Crippen LogP contribution < -0.4 is 4.74 Å². The van der Waals surface area contributed by atoms with Crippen LogP contribution in [0.15, 0.2) is 97.1 Å². The summed E-state index contributed by atoms with van der Waals surface area (Å²) in [6, 6.07) is 28.7. The summed E-state index contributed by atoms with van der Waals surface area (Å²) in [7, 11) is 1.34. The monoisotopic (exact) mass is 629 g/mol. The summed E-state index contributed by atoms with van der Waals surface area (Å²) in [5.74, 6) is 0.134. The van der Waals surface area contributed by atoms with E-state index < -0.39 is 11.7 Å². The van der Waals surface area contributed by atoms with E-state index in [9.17, 15) is 18.0 Å². The van der Waals surface area contributed by atoms with Gasteiger partial charge in [0.05, 0.1) is 30.7 Å². The molecule has 4 aromatic carbocycles. The van der Waals surface area contributed by atoms with Gasteiger partial charge in [0.15, 0.2) is 0 Å². The van der Waals surface area contributed by atoms with Crippen LogP contribution in [0.5, 0.6) is 5.75 Å². The summed E-state index contributed by atoms with van der Waals surface area (Å²) >= 11 is 13.0. The largest absolute Gasteiger partial charge is 0.494 e. The van der Waals surface area contributed by atoms with Crippen LogP contribution >= 0.6 is 23.2 Å². The molecule has 4 aromatic rings. The van der Waals surface area contributed by atoms with Gasteiger partial charge < -0.3 is 9.47 Å². The molecule has 1 atom stereocenters. The number of carbonyl (C=O) groups excluding carboxylic acids is 1. The van der Waals surface area contributed by atoms with Crippen molar-refractivity contribution < 1.29 is 27.4 Å². The zero-order valence-corrected chi connectivity index (χ0v) is 25.1. The highest BCUT2D eigenvalue weighted by atomic mass is 35.5. The summed E-state index contributed by atoms with van der Waals surface area (Å²) in [6.45, 7) is 1.55. The molecular formula is C34H32Cl2F3NO3. The lowest BCUT2D eigenvalue weighted by Gasteiger charge is -2.29. The fraction of sp³-hybridized carbons (Fsp3) is 0.265. The second-order valence-corrected chi connectivity index (χ2v) is 10.9. The van der Waals surface area contributed by atoms with Gasteiger partial charge >= 0.3 is 12.1 Å². The van der Waals surface area contributed by atoms with Crippen LogP contribution in [0.25, 0.3) is 0 Å². The number of ether oxygens (including phenoxy) is 2. The van der Waals surface area contributed by atoms with E-state index in [0.29, 0.717) is 42.5 Å². The molecule has 0 spiro atoms. The number of hydrogen-bond acceptors (Lipinski definition) is 4. The quantitative estimate of drug-likeness (QED) is 0.109. The lowest BCUT2D eigenvalue weighted by atomic mass is 9.90. The molecule has 0 heterocycles. The van der Waals surface area contributed by atoms with Gasteiger partial charge in [0.2, 0.25) is 0 Å². The maximum Gasteiger partial charge on any atom is 0.417 e. The van der Waals surface area contributed by atoms with Crippen molar-refractivity contribution in [3.05, 3.63) is 135 Å². The molecule has 0 bridgehead atoms. The third-order valence-corrected chi connectivity index (χ3v) is 7.85. The minimum atomic E-state index is -4.56. The van der Waals surface area contributed by atoms with E-state index in [-0.39, 0.29) is 29.9 Å². The second kappa shape index (κ2) is 15.3. The molecule has 4 rings (SSSR count). The minimum absolute atomic E-state index is 0.141. The van der Waals surface area contributed by atoms with E-state index in [1.807, 2.05) is 72.8 Å². The Hall–Kier alpha value is -3.52. The molecule has 0 aliphatic heterocycles. The molecule has 0 amide bonds. The molecule has 0 fully saturated rings. The standard InChI is InChI=1S/C34H32Cl2F3NO3/c1-42-32(41)21-24-10-7-14-27(20-24)43-19-9-18-40(22-26-13-8-16-30(33(26)36)34(37,38)39)23-29(25-11-3-2-4-12-25)28-15-5-6-17-31(28)35/h2-8,10-17,20,29H,9,18-19,21-23H2,1H3. The molecule has 0 saturated carbocycles. The maximum absolute atomic E-state index is 13.6. The van der Waals surface area contributed by atoms with E-state index >= 15 is 0 Å². The van der Waals surface area contributed by atoms with Gasteiger partial charge in [0.1, 0.15) is 5.75 Å². The van der Waals surface area contributed by atoms with Gasteiger partial charge in [-0.05, 0) is 52.9 Å². The normalized spacial score (nSPS) is 12.3. The van der Waals surface area contributed by atoms with Crippen molar-refractivity contribution in [2.24, 2.45) is 0 Å². The number of rotatable bonds is 13. The van der Waals surface area contributed by atoms with Gasteiger partial charge in [0.25, 0.3) is 0 Å². The Bertz CT molecular complexity index is 1500. The van der Waals surface area contributed by atoms with E-state index in [1.165, 1.54) is 13.2 Å². The van der Waals surface area contributed by atoms with E-state index in [0.717, 1.165) is 22.8 Å². The summed E-state index contributed by atoms with van der Waals surface area (Å²) in [6.07, 6.45) is -3.83. The van der Waals surface area contributed by atoms with Crippen molar-refractivity contribution in [1.82, 2.24) is 4.90 Å². The molecule has 9 heteroatoms. The SMILES string of the molecule is COC(=O)Cc1cccc(OCCCN(Cc2cccc(C(F)(F)F)c2Cl)CC(c2ccccc2)c2ccccc2Cl)c1. The average Bonchev–Trinajstić information content (AvgIpc) is 2.99. The predicted molar refractivity (Wildman–Crippen MR) is 164 cm³/mol. The molecule has 1 unspecified atom stereocenters. The van der Waals surface area contributed by atoms with E-state index in [4.69, 9.17) is 32.7 Å². The van der Waals surface area contributed by atoms with Crippen LogP contribution in [0.1, 0.15) is 40.2 Å². The Morgan fingerprint density at radius 1 is 0.907 bits per heavy atom. The number of nitrogens with zero attached hydrogens (tertiary/aromatic N) is 1. The number of alkyl halides is 3. The third-order valence-electron chi connectivity index (χ3n) is 7.06. The van der Waals surface area contributed by atoms with Gasteiger partial charge in [-0.15, -0.1) is 0 Å². The first-order valence-electron chi connectivity index (χ1n) is 13.8. The first-order valence-corrected chi connectivity index (χ1v) is 14.6. The topological polar surface area (TPSA) is 38.8 Å². The summed E-state index contributed by atoms with van der Waals surface area (Å²) in [4.78, 5) is 13.7. The van der Waals surface area contributed by atoms with E-state index in [1.54, 1.807) is 12.1 Å². The maximum atomic E-state index is 13.6. The Morgan fingerprint density at radius 3 is 2.35 bits per heavy atom. The molecule has 0 aliphatic carbocycles. The van der Waals surface area contributed by atoms with Gasteiger partial charge in [-0.25, -0.2) is 0 Å². The molecular weight excluding hydrogens is 598 g/mol. The van der Waals surface area contributed by atoms with Crippen molar-refractivity contribution in [3.8, 4) is 5.75 Å². The van der Waals surface area contributed by atoms with Crippen molar-refractivity contribution in [1.29, 1.82) is 0 Å². The lowest BCUT2D eigenvalue weighted by Crippen LogP contribution is -2.31. The van der Waals surface area contributed by atoms with Crippen LogP contribution in [0.4, 0.5) is 13.2 Å². The summed E-state index contributed by atoms with van der Waals surface area (Å²) < 4.78 is 51.6. The van der Waals surface area contributed by atoms with Crippen LogP contribution in [0.3, 0.4) is 0 Å². The Labute approximate surface area is 260 Å². The van der Waals surface area contributed by atoms with Gasteiger partial charge in [0, 0.05) is 30.6 Å². The molecule has 226 valence electrons. The van der Waals surface area contributed by atoms with Gasteiger partial charge in [-0.2, -0.15) is 13.2 Å². The Morgan fingerprint density at radius 2 is 1.63 bits per heavy atom. The number of carbonyl (C=O) groups is 1. The highest BCUT2D eigenvalue weighted by Crippen LogP contribution is 2.37.